The first kappa shape index (κ1) is 32.5. The van der Waals surface area contributed by atoms with Gasteiger partial charge in [0.25, 0.3) is 5.91 Å². The van der Waals surface area contributed by atoms with Crippen molar-refractivity contribution in [2.45, 2.75) is 44.0 Å². The lowest BCUT2D eigenvalue weighted by atomic mass is 9.97. The molecule has 4 rings (SSSR count). The lowest BCUT2D eigenvalue weighted by molar-refractivity contribution is -0.244. The topological polar surface area (TPSA) is 193 Å². The molecule has 0 radical (unpaired) electrons. The number of methoxy groups -OCH3 is 1. The average molecular weight is 623 g/mol. The molecule has 2 amide bonds. The summed E-state index contributed by atoms with van der Waals surface area (Å²) >= 11 is 6.48. The number of likely N-dealkylation sites (N-methyl/N-ethyl adjacent to an activating group) is 1. The molecule has 43 heavy (non-hydrogen) atoms. The maximum Gasteiger partial charge on any atom is 0.253 e. The van der Waals surface area contributed by atoms with Crippen molar-refractivity contribution in [3.05, 3.63) is 45.1 Å². The van der Waals surface area contributed by atoms with E-state index in [4.69, 9.17) is 30.2 Å². The summed E-state index contributed by atoms with van der Waals surface area (Å²) in [6.45, 7) is 3.08. The first-order valence-electron chi connectivity index (χ1n) is 13.6. The molecule has 2 aliphatic heterocycles. The van der Waals surface area contributed by atoms with Gasteiger partial charge in [-0.3, -0.25) is 14.4 Å². The van der Waals surface area contributed by atoms with Crippen molar-refractivity contribution in [1.82, 2.24) is 20.5 Å². The minimum Gasteiger partial charge on any atom is -0.461 e. The molecule has 2 heterocycles. The van der Waals surface area contributed by atoms with E-state index in [-0.39, 0.29) is 38.9 Å². The van der Waals surface area contributed by atoms with E-state index in [1.165, 1.54) is 31.2 Å². The van der Waals surface area contributed by atoms with Crippen LogP contribution < -0.4 is 20.8 Å². The molecule has 1 aliphatic carbocycles. The van der Waals surface area contributed by atoms with Gasteiger partial charge in [0.15, 0.2) is 16.8 Å². The van der Waals surface area contributed by atoms with Gasteiger partial charge in [0, 0.05) is 45.3 Å². The monoisotopic (exact) mass is 622 g/mol. The molecule has 0 saturated carbocycles. The molecule has 234 valence electrons. The first-order valence-corrected chi connectivity index (χ1v) is 14.0. The fourth-order valence-corrected chi connectivity index (χ4v) is 4.88. The van der Waals surface area contributed by atoms with Crippen molar-refractivity contribution in [2.24, 2.45) is 0 Å². The molecule has 1 saturated heterocycles. The van der Waals surface area contributed by atoms with Crippen LogP contribution in [0.2, 0.25) is 5.02 Å². The zero-order valence-electron chi connectivity index (χ0n) is 23.9. The van der Waals surface area contributed by atoms with E-state index in [2.05, 4.69) is 20.5 Å². The van der Waals surface area contributed by atoms with Gasteiger partial charge in [-0.25, -0.2) is 4.98 Å². The van der Waals surface area contributed by atoms with Crippen LogP contribution >= 0.6 is 11.6 Å². The molecule has 15 heteroatoms. The Bertz CT molecular complexity index is 1470. The predicted octanol–water partition coefficient (Wildman–Crippen LogP) is -0.0332. The Morgan fingerprint density at radius 2 is 1.93 bits per heavy atom. The third-order valence-corrected chi connectivity index (χ3v) is 7.23. The van der Waals surface area contributed by atoms with E-state index in [9.17, 15) is 29.7 Å². The van der Waals surface area contributed by atoms with Crippen LogP contribution in [0.1, 0.15) is 23.7 Å². The van der Waals surface area contributed by atoms with Crippen LogP contribution in [-0.4, -0.2) is 115 Å². The van der Waals surface area contributed by atoms with Crippen LogP contribution in [0.4, 0.5) is 0 Å². The fourth-order valence-electron chi connectivity index (χ4n) is 4.67. The normalized spacial score (nSPS) is 22.2. The highest BCUT2D eigenvalue weighted by Gasteiger charge is 2.46. The molecule has 0 spiro atoms. The van der Waals surface area contributed by atoms with Gasteiger partial charge in [-0.1, -0.05) is 11.6 Å². The summed E-state index contributed by atoms with van der Waals surface area (Å²) in [5, 5.41) is 35.7. The Kier molecular flexibility index (Phi) is 10.9. The summed E-state index contributed by atoms with van der Waals surface area (Å²) in [5.41, 5.74) is 0.159. The number of carbonyl (C=O) groups is 2. The van der Waals surface area contributed by atoms with E-state index >= 15 is 0 Å². The van der Waals surface area contributed by atoms with Gasteiger partial charge >= 0.3 is 0 Å². The maximum atomic E-state index is 13.0. The lowest BCUT2D eigenvalue weighted by Gasteiger charge is -2.42. The number of carbonyl (C=O) groups excluding carboxylic acids is 2. The largest absolute Gasteiger partial charge is 0.461 e. The summed E-state index contributed by atoms with van der Waals surface area (Å²) in [6.07, 6.45) is -4.88. The second-order valence-electron chi connectivity index (χ2n) is 10.2. The summed E-state index contributed by atoms with van der Waals surface area (Å²) < 4.78 is 22.5. The second kappa shape index (κ2) is 14.4. The maximum absolute atomic E-state index is 13.0. The summed E-state index contributed by atoms with van der Waals surface area (Å²) in [5.74, 6) is -0.935. The molecular weight excluding hydrogens is 588 g/mol. The number of rotatable bonds is 12. The predicted molar refractivity (Wildman–Crippen MR) is 154 cm³/mol. The smallest absolute Gasteiger partial charge is 0.253 e. The van der Waals surface area contributed by atoms with Gasteiger partial charge in [0.05, 0.1) is 23.8 Å². The number of aliphatic hydroxyl groups is 3. The van der Waals surface area contributed by atoms with E-state index in [0.717, 1.165) is 13.1 Å². The van der Waals surface area contributed by atoms with Crippen molar-refractivity contribution < 1.29 is 43.5 Å². The molecular formula is C28H35ClN4O10. The molecule has 0 aromatic heterocycles. The van der Waals surface area contributed by atoms with Gasteiger partial charge in [-0.05, 0) is 26.1 Å². The summed E-state index contributed by atoms with van der Waals surface area (Å²) in [7, 11) is 3.59. The minimum atomic E-state index is -1.52. The quantitative estimate of drug-likeness (QED) is 0.134. The number of hydrogen-bond donors (Lipinski definition) is 5. The van der Waals surface area contributed by atoms with Gasteiger partial charge in [-0.2, -0.15) is 0 Å². The van der Waals surface area contributed by atoms with Gasteiger partial charge < -0.3 is 49.5 Å². The Balaban J connectivity index is 1.58. The third kappa shape index (κ3) is 7.78. The molecule has 5 atom stereocenters. The van der Waals surface area contributed by atoms with Gasteiger partial charge in [0.1, 0.15) is 41.3 Å². The van der Waals surface area contributed by atoms with Gasteiger partial charge in [-0.15, -0.1) is 0 Å². The van der Waals surface area contributed by atoms with E-state index in [1.807, 2.05) is 7.05 Å². The SMILES string of the molecule is COCCN(C)CCCNC(=O)c1cc(=O)cc2oc3cc(O[C@@H]4OC(CO)[C@H](O)C(O)C4NC(C)=O)c(Cl)cc3nc1-2. The van der Waals surface area contributed by atoms with Crippen LogP contribution in [0, 0.1) is 0 Å². The number of hydrogen-bond acceptors (Lipinski definition) is 12. The summed E-state index contributed by atoms with van der Waals surface area (Å²) in [4.78, 5) is 43.8. The highest BCUT2D eigenvalue weighted by molar-refractivity contribution is 6.32. The van der Waals surface area contributed by atoms with Crippen molar-refractivity contribution >= 4 is 34.5 Å². The lowest BCUT2D eigenvalue weighted by Crippen LogP contribution is -2.65. The number of nitrogens with zero attached hydrogens (tertiary/aromatic N) is 2. The molecule has 3 unspecified atom stereocenters. The summed E-state index contributed by atoms with van der Waals surface area (Å²) in [6, 6.07) is 3.99. The van der Waals surface area contributed by atoms with Crippen molar-refractivity contribution in [1.29, 1.82) is 0 Å². The number of aromatic nitrogens is 1. The standard InChI is InChI=1S/C28H35ClN4O10/c1-14(35)31-24-26(38)25(37)22(13-34)43-28(24)42-19-12-20-18(11-17(19)29)32-23-16(9-15(36)10-21(23)41-20)27(39)30-5-4-6-33(2)7-8-40-3/h9-12,22,24-26,28,34,37-38H,4-8,13H2,1-3H3,(H,30,39)(H,31,35)/t22?,24?,25-,26?,28+/m0/s1. The number of benzene rings is 2. The highest BCUT2D eigenvalue weighted by Crippen LogP contribution is 2.35. The van der Waals surface area contributed by atoms with Crippen LogP contribution in [0.15, 0.2) is 33.5 Å². The Morgan fingerprint density at radius 3 is 2.63 bits per heavy atom. The number of nitrogens with one attached hydrogen (secondary N) is 2. The molecule has 1 aromatic carbocycles. The Labute approximate surface area is 251 Å². The average Bonchev–Trinajstić information content (AvgIpc) is 2.96. The van der Waals surface area contributed by atoms with E-state index in [0.29, 0.717) is 19.6 Å². The molecule has 3 aliphatic rings. The first-order chi connectivity index (χ1) is 20.5. The van der Waals surface area contributed by atoms with Crippen LogP contribution in [-0.2, 0) is 14.3 Å². The zero-order valence-corrected chi connectivity index (χ0v) is 24.7. The van der Waals surface area contributed by atoms with Crippen molar-refractivity contribution in [3.8, 4) is 17.2 Å². The van der Waals surface area contributed by atoms with Gasteiger partial charge in [0.2, 0.25) is 12.2 Å². The molecule has 5 N–H and O–H groups in total. The fraction of sp³-hybridized carbons (Fsp3) is 0.500. The zero-order chi connectivity index (χ0) is 31.3. The number of aliphatic hydroxyl groups excluding tert-OH is 3. The highest BCUT2D eigenvalue weighted by atomic mass is 35.5. The van der Waals surface area contributed by atoms with Crippen molar-refractivity contribution in [2.75, 3.05) is 47.0 Å². The van der Waals surface area contributed by atoms with Crippen molar-refractivity contribution in [3.63, 3.8) is 0 Å². The van der Waals surface area contributed by atoms with Crippen LogP contribution in [0.3, 0.4) is 0 Å². The number of fused-ring (bicyclic) bond motifs is 2. The Hall–Kier alpha value is -3.37. The molecule has 1 fully saturated rings. The molecule has 1 aromatic rings. The molecule has 14 nitrogen and oxygen atoms in total. The van der Waals surface area contributed by atoms with E-state index < -0.39 is 54.5 Å². The van der Waals surface area contributed by atoms with Crippen LogP contribution in [0.25, 0.3) is 22.6 Å². The third-order valence-electron chi connectivity index (χ3n) is 6.93. The number of ether oxygens (including phenoxy) is 3. The Morgan fingerprint density at radius 1 is 1.16 bits per heavy atom. The molecule has 0 bridgehead atoms. The number of halogens is 1. The minimum absolute atomic E-state index is 0.00594. The van der Waals surface area contributed by atoms with Crippen LogP contribution in [0.5, 0.6) is 5.75 Å². The number of amides is 2. The second-order valence-corrected chi connectivity index (χ2v) is 10.6. The van der Waals surface area contributed by atoms with E-state index in [1.54, 1.807) is 7.11 Å².